The highest BCUT2D eigenvalue weighted by Crippen LogP contribution is 2.24. The van der Waals surface area contributed by atoms with Crippen LogP contribution < -0.4 is 10.6 Å². The Morgan fingerprint density at radius 3 is 2.48 bits per heavy atom. The molecule has 27 heavy (non-hydrogen) atoms. The Bertz CT molecular complexity index is 1020. The van der Waals surface area contributed by atoms with Crippen molar-refractivity contribution in [3.63, 3.8) is 0 Å². The summed E-state index contributed by atoms with van der Waals surface area (Å²) < 4.78 is 0. The topological polar surface area (TPSA) is 101 Å². The Labute approximate surface area is 158 Å². The summed E-state index contributed by atoms with van der Waals surface area (Å²) in [5.74, 6) is -0.786. The van der Waals surface area contributed by atoms with Crippen LogP contribution in [0.15, 0.2) is 60.0 Å². The highest BCUT2D eigenvalue weighted by atomic mass is 32.1. The van der Waals surface area contributed by atoms with Gasteiger partial charge in [-0.3, -0.25) is 19.7 Å². The summed E-state index contributed by atoms with van der Waals surface area (Å²) in [6.07, 6.45) is 0. The Kier molecular flexibility index (Phi) is 5.28. The van der Waals surface area contributed by atoms with Gasteiger partial charge in [0.05, 0.1) is 21.1 Å². The Hall–Kier alpha value is -3.52. The number of carbonyl (C=O) groups is 2. The van der Waals surface area contributed by atoms with E-state index in [1.165, 1.54) is 17.4 Å². The number of nitro benzene ring substituents is 1. The summed E-state index contributed by atoms with van der Waals surface area (Å²) in [4.78, 5) is 36.0. The molecule has 1 aromatic heterocycles. The third kappa shape index (κ3) is 4.18. The lowest BCUT2D eigenvalue weighted by molar-refractivity contribution is -0.385. The quantitative estimate of drug-likeness (QED) is 0.503. The number of rotatable bonds is 5. The zero-order chi connectivity index (χ0) is 19.4. The number of para-hydroxylation sites is 1. The zero-order valence-electron chi connectivity index (χ0n) is 14.3. The first-order valence-electron chi connectivity index (χ1n) is 7.96. The average Bonchev–Trinajstić information content (AvgIpc) is 3.18. The van der Waals surface area contributed by atoms with Crippen LogP contribution >= 0.6 is 11.3 Å². The molecule has 1 heterocycles. The number of nitrogens with one attached hydrogen (secondary N) is 2. The molecule has 0 saturated carbocycles. The Morgan fingerprint density at radius 2 is 1.78 bits per heavy atom. The van der Waals surface area contributed by atoms with E-state index in [4.69, 9.17) is 0 Å². The average molecular weight is 381 g/mol. The minimum absolute atomic E-state index is 0.0768. The van der Waals surface area contributed by atoms with Gasteiger partial charge in [0.15, 0.2) is 0 Å². The number of thiophene rings is 1. The van der Waals surface area contributed by atoms with E-state index in [0.29, 0.717) is 21.8 Å². The van der Waals surface area contributed by atoms with Crippen molar-refractivity contribution < 1.29 is 14.5 Å². The van der Waals surface area contributed by atoms with Gasteiger partial charge < -0.3 is 10.6 Å². The van der Waals surface area contributed by atoms with Crippen LogP contribution in [0.2, 0.25) is 0 Å². The molecule has 0 spiro atoms. The number of anilines is 2. The van der Waals surface area contributed by atoms with E-state index >= 15 is 0 Å². The van der Waals surface area contributed by atoms with Gasteiger partial charge in [-0.05, 0) is 36.6 Å². The SMILES string of the molecule is Cc1ccc(NC(=O)c2ccccc2NC(=O)c2cccs2)cc1[N+](=O)[O-]. The molecule has 136 valence electrons. The largest absolute Gasteiger partial charge is 0.322 e. The second-order valence-corrected chi connectivity index (χ2v) is 6.64. The van der Waals surface area contributed by atoms with Crippen molar-refractivity contribution in [1.82, 2.24) is 0 Å². The normalized spacial score (nSPS) is 10.3. The van der Waals surface area contributed by atoms with Crippen LogP contribution in [0.25, 0.3) is 0 Å². The highest BCUT2D eigenvalue weighted by Gasteiger charge is 2.17. The van der Waals surface area contributed by atoms with Gasteiger partial charge in [0.1, 0.15) is 0 Å². The minimum Gasteiger partial charge on any atom is -0.322 e. The van der Waals surface area contributed by atoms with Gasteiger partial charge in [-0.2, -0.15) is 0 Å². The van der Waals surface area contributed by atoms with Gasteiger partial charge in [0.25, 0.3) is 17.5 Å². The maximum absolute atomic E-state index is 12.6. The van der Waals surface area contributed by atoms with Crippen LogP contribution in [0.4, 0.5) is 17.1 Å². The molecule has 0 saturated heterocycles. The van der Waals surface area contributed by atoms with Gasteiger partial charge in [0.2, 0.25) is 0 Å². The van der Waals surface area contributed by atoms with E-state index in [2.05, 4.69) is 10.6 Å². The van der Waals surface area contributed by atoms with Crippen molar-refractivity contribution in [2.75, 3.05) is 10.6 Å². The summed E-state index contributed by atoms with van der Waals surface area (Å²) in [6, 6.07) is 14.5. The van der Waals surface area contributed by atoms with E-state index in [1.54, 1.807) is 60.8 Å². The number of benzene rings is 2. The van der Waals surface area contributed by atoms with Crippen LogP contribution in [0, 0.1) is 17.0 Å². The van der Waals surface area contributed by atoms with E-state index in [-0.39, 0.29) is 17.2 Å². The first-order valence-corrected chi connectivity index (χ1v) is 8.84. The molecule has 3 aromatic rings. The van der Waals surface area contributed by atoms with Crippen molar-refractivity contribution in [3.8, 4) is 0 Å². The molecule has 0 aliphatic rings. The zero-order valence-corrected chi connectivity index (χ0v) is 15.1. The summed E-state index contributed by atoms with van der Waals surface area (Å²) in [6.45, 7) is 1.62. The first kappa shape index (κ1) is 18.3. The van der Waals surface area contributed by atoms with E-state index in [9.17, 15) is 19.7 Å². The maximum atomic E-state index is 12.6. The molecule has 2 amide bonds. The fourth-order valence-electron chi connectivity index (χ4n) is 2.46. The summed E-state index contributed by atoms with van der Waals surface area (Å²) in [7, 11) is 0. The van der Waals surface area contributed by atoms with E-state index in [0.717, 1.165) is 0 Å². The molecule has 8 heteroatoms. The first-order chi connectivity index (χ1) is 13.0. The van der Waals surface area contributed by atoms with E-state index < -0.39 is 10.8 Å². The van der Waals surface area contributed by atoms with Crippen molar-refractivity contribution in [2.45, 2.75) is 6.92 Å². The molecule has 3 rings (SSSR count). The predicted molar refractivity (Wildman–Crippen MR) is 105 cm³/mol. The molecule has 0 aliphatic heterocycles. The smallest absolute Gasteiger partial charge is 0.274 e. The number of hydrogen-bond donors (Lipinski definition) is 2. The number of carbonyl (C=O) groups excluding carboxylic acids is 2. The van der Waals surface area contributed by atoms with E-state index in [1.807, 2.05) is 0 Å². The predicted octanol–water partition coefficient (Wildman–Crippen LogP) is 4.47. The lowest BCUT2D eigenvalue weighted by Crippen LogP contribution is -2.17. The standard InChI is InChI=1S/C19H15N3O4S/c1-12-8-9-13(11-16(12)22(25)26)20-18(23)14-5-2-3-6-15(14)21-19(24)17-7-4-10-27-17/h2-11H,1H3,(H,20,23)(H,21,24). The summed E-state index contributed by atoms with van der Waals surface area (Å²) in [5.41, 5.74) is 1.34. The fraction of sp³-hybridized carbons (Fsp3) is 0.0526. The lowest BCUT2D eigenvalue weighted by Gasteiger charge is -2.11. The van der Waals surface area contributed by atoms with Gasteiger partial charge in [-0.25, -0.2) is 0 Å². The van der Waals surface area contributed by atoms with Gasteiger partial charge in [-0.15, -0.1) is 11.3 Å². The maximum Gasteiger partial charge on any atom is 0.274 e. The van der Waals surface area contributed by atoms with Crippen LogP contribution in [0.1, 0.15) is 25.6 Å². The van der Waals surface area contributed by atoms with Gasteiger partial charge in [-0.1, -0.05) is 24.3 Å². The molecule has 2 N–H and O–H groups in total. The molecule has 0 atom stereocenters. The van der Waals surface area contributed by atoms with Gasteiger partial charge in [0, 0.05) is 17.3 Å². The monoisotopic (exact) mass is 381 g/mol. The summed E-state index contributed by atoms with van der Waals surface area (Å²) >= 11 is 1.30. The van der Waals surface area contributed by atoms with Crippen LogP contribution in [0.5, 0.6) is 0 Å². The third-order valence-electron chi connectivity index (χ3n) is 3.83. The highest BCUT2D eigenvalue weighted by molar-refractivity contribution is 7.12. The molecule has 2 aromatic carbocycles. The Morgan fingerprint density at radius 1 is 1.00 bits per heavy atom. The second kappa shape index (κ2) is 7.79. The summed E-state index contributed by atoms with van der Waals surface area (Å²) in [5, 5.41) is 18.2. The Balaban J connectivity index is 1.82. The number of amides is 2. The second-order valence-electron chi connectivity index (χ2n) is 5.69. The fourth-order valence-corrected chi connectivity index (χ4v) is 3.08. The van der Waals surface area contributed by atoms with Crippen LogP contribution in [-0.2, 0) is 0 Å². The molecule has 0 unspecified atom stereocenters. The van der Waals surface area contributed by atoms with Crippen molar-refractivity contribution in [1.29, 1.82) is 0 Å². The molecule has 0 bridgehead atoms. The number of hydrogen-bond acceptors (Lipinski definition) is 5. The van der Waals surface area contributed by atoms with Crippen LogP contribution in [-0.4, -0.2) is 16.7 Å². The lowest BCUT2D eigenvalue weighted by atomic mass is 10.1. The molecule has 0 fully saturated rings. The number of nitrogens with zero attached hydrogens (tertiary/aromatic N) is 1. The molecule has 0 radical (unpaired) electrons. The molecular weight excluding hydrogens is 366 g/mol. The van der Waals surface area contributed by atoms with Gasteiger partial charge >= 0.3 is 0 Å². The van der Waals surface area contributed by atoms with Crippen LogP contribution in [0.3, 0.4) is 0 Å². The van der Waals surface area contributed by atoms with Crippen molar-refractivity contribution >= 4 is 40.2 Å². The number of nitro groups is 1. The molecule has 7 nitrogen and oxygen atoms in total. The minimum atomic E-state index is -0.500. The number of aryl methyl sites for hydroxylation is 1. The van der Waals surface area contributed by atoms with Crippen molar-refractivity contribution in [2.24, 2.45) is 0 Å². The molecule has 0 aliphatic carbocycles. The third-order valence-corrected chi connectivity index (χ3v) is 4.70. The van der Waals surface area contributed by atoms with Crippen molar-refractivity contribution in [3.05, 3.63) is 86.1 Å². The molecular formula is C19H15N3O4S.